The van der Waals surface area contributed by atoms with Crippen molar-refractivity contribution in [2.45, 2.75) is 32.4 Å². The van der Waals surface area contributed by atoms with Gasteiger partial charge in [-0.3, -0.25) is 4.57 Å². The van der Waals surface area contributed by atoms with Crippen molar-refractivity contribution in [3.05, 3.63) is 39.2 Å². The first-order valence-electron chi connectivity index (χ1n) is 6.47. The molecule has 106 valence electrons. The smallest absolute Gasteiger partial charge is 0.308 e. The molecule has 0 aliphatic carbocycles. The predicted molar refractivity (Wildman–Crippen MR) is 75.6 cm³/mol. The van der Waals surface area contributed by atoms with Crippen LogP contribution in [0.25, 0.3) is 0 Å². The summed E-state index contributed by atoms with van der Waals surface area (Å²) in [6.07, 6.45) is 2.93. The van der Waals surface area contributed by atoms with Gasteiger partial charge in [-0.15, -0.1) is 0 Å². The number of aromatic nitrogens is 4. The van der Waals surface area contributed by atoms with E-state index in [2.05, 4.69) is 15.5 Å². The molecule has 1 aliphatic heterocycles. The van der Waals surface area contributed by atoms with Gasteiger partial charge in [-0.05, 0) is 25.0 Å². The number of aryl methyl sites for hydroxylation is 1. The Morgan fingerprint density at radius 3 is 3.00 bits per heavy atom. The zero-order valence-electron chi connectivity index (χ0n) is 10.8. The van der Waals surface area contributed by atoms with Crippen LogP contribution < -0.4 is 17.0 Å². The van der Waals surface area contributed by atoms with Crippen LogP contribution in [-0.4, -0.2) is 19.3 Å². The molecule has 0 spiro atoms. The highest BCUT2D eigenvalue weighted by Crippen LogP contribution is 2.17. The van der Waals surface area contributed by atoms with E-state index in [9.17, 15) is 4.79 Å². The Morgan fingerprint density at radius 1 is 1.40 bits per heavy atom. The topological polar surface area (TPSA) is 90.8 Å². The van der Waals surface area contributed by atoms with Gasteiger partial charge in [-0.1, -0.05) is 11.6 Å². The van der Waals surface area contributed by atoms with Gasteiger partial charge < -0.3 is 5.43 Å². The summed E-state index contributed by atoms with van der Waals surface area (Å²) in [5.41, 5.74) is 2.92. The predicted octanol–water partition coefficient (Wildman–Crippen LogP) is 0.763. The summed E-state index contributed by atoms with van der Waals surface area (Å²) in [7, 11) is 0. The number of pyridine rings is 1. The second kappa shape index (κ2) is 5.26. The normalized spacial score (nSPS) is 14.1. The first-order chi connectivity index (χ1) is 9.69. The highest BCUT2D eigenvalue weighted by molar-refractivity contribution is 6.31. The van der Waals surface area contributed by atoms with E-state index in [-0.39, 0.29) is 12.2 Å². The van der Waals surface area contributed by atoms with Crippen LogP contribution in [0, 0.1) is 0 Å². The van der Waals surface area contributed by atoms with Crippen molar-refractivity contribution in [2.24, 2.45) is 5.84 Å². The van der Waals surface area contributed by atoms with Gasteiger partial charge >= 0.3 is 5.69 Å². The van der Waals surface area contributed by atoms with E-state index in [0.29, 0.717) is 16.5 Å². The molecule has 3 N–H and O–H groups in total. The van der Waals surface area contributed by atoms with Gasteiger partial charge in [-0.2, -0.15) is 5.10 Å². The monoisotopic (exact) mass is 294 g/mol. The number of fused-ring (bicyclic) bond motifs is 1. The summed E-state index contributed by atoms with van der Waals surface area (Å²) in [6, 6.07) is 3.37. The zero-order chi connectivity index (χ0) is 14.1. The molecule has 0 aromatic carbocycles. The number of hydrogen-bond acceptors (Lipinski definition) is 5. The fourth-order valence-corrected chi connectivity index (χ4v) is 2.53. The SMILES string of the molecule is NNc1ccc(Cl)c(Cn2nc3n(c2=O)CCCC3)n1. The molecule has 7 nitrogen and oxygen atoms in total. The second-order valence-corrected chi connectivity index (χ2v) is 5.14. The average Bonchev–Trinajstić information content (AvgIpc) is 2.78. The van der Waals surface area contributed by atoms with Gasteiger partial charge in [0.15, 0.2) is 0 Å². The number of anilines is 1. The number of nitrogens with zero attached hydrogens (tertiary/aromatic N) is 4. The molecule has 2 aromatic rings. The minimum atomic E-state index is -0.108. The Morgan fingerprint density at radius 2 is 2.25 bits per heavy atom. The Balaban J connectivity index is 1.95. The Hall–Kier alpha value is -1.86. The standard InChI is InChI=1S/C12H15ClN6O/c13-8-4-5-10(16-14)15-9(8)7-19-12(20)18-6-2-1-3-11(18)17-19/h4-5H,1-3,6-7,14H2,(H,15,16). The maximum Gasteiger partial charge on any atom is 0.346 e. The van der Waals surface area contributed by atoms with E-state index in [1.165, 1.54) is 4.68 Å². The van der Waals surface area contributed by atoms with Gasteiger partial charge in [0.05, 0.1) is 17.3 Å². The number of rotatable bonds is 3. The second-order valence-electron chi connectivity index (χ2n) is 4.73. The number of nitrogens with two attached hydrogens (primary N) is 1. The zero-order valence-corrected chi connectivity index (χ0v) is 11.6. The highest BCUT2D eigenvalue weighted by atomic mass is 35.5. The first-order valence-corrected chi connectivity index (χ1v) is 6.85. The van der Waals surface area contributed by atoms with Gasteiger partial charge in [-0.25, -0.2) is 20.3 Å². The van der Waals surface area contributed by atoms with Gasteiger partial charge in [0.2, 0.25) is 0 Å². The van der Waals surface area contributed by atoms with E-state index >= 15 is 0 Å². The molecule has 2 aromatic heterocycles. The minimum absolute atomic E-state index is 0.108. The van der Waals surface area contributed by atoms with Crippen LogP contribution in [0.15, 0.2) is 16.9 Å². The summed E-state index contributed by atoms with van der Waals surface area (Å²) < 4.78 is 3.14. The van der Waals surface area contributed by atoms with E-state index in [1.54, 1.807) is 16.7 Å². The van der Waals surface area contributed by atoms with Crippen molar-refractivity contribution >= 4 is 17.4 Å². The van der Waals surface area contributed by atoms with Crippen molar-refractivity contribution in [1.29, 1.82) is 0 Å². The lowest BCUT2D eigenvalue weighted by molar-refractivity contribution is 0.511. The first kappa shape index (κ1) is 13.1. The molecule has 0 bridgehead atoms. The Bertz CT molecular complexity index is 692. The van der Waals surface area contributed by atoms with Crippen LogP contribution >= 0.6 is 11.6 Å². The van der Waals surface area contributed by atoms with Crippen LogP contribution in [0.1, 0.15) is 24.4 Å². The van der Waals surface area contributed by atoms with Crippen LogP contribution in [0.2, 0.25) is 5.02 Å². The summed E-state index contributed by atoms with van der Waals surface area (Å²) >= 11 is 6.10. The quantitative estimate of drug-likeness (QED) is 0.644. The summed E-state index contributed by atoms with van der Waals surface area (Å²) in [4.78, 5) is 16.5. The average molecular weight is 295 g/mol. The molecule has 0 saturated heterocycles. The van der Waals surface area contributed by atoms with Crippen molar-refractivity contribution < 1.29 is 0 Å². The number of halogens is 1. The molecule has 20 heavy (non-hydrogen) atoms. The van der Waals surface area contributed by atoms with Crippen molar-refractivity contribution in [3.63, 3.8) is 0 Å². The van der Waals surface area contributed by atoms with Gasteiger partial charge in [0, 0.05) is 13.0 Å². The van der Waals surface area contributed by atoms with E-state index in [1.807, 2.05) is 0 Å². The molecule has 0 unspecified atom stereocenters. The molecule has 0 saturated carbocycles. The van der Waals surface area contributed by atoms with Crippen molar-refractivity contribution in [2.75, 3.05) is 5.43 Å². The third kappa shape index (κ3) is 2.30. The lowest BCUT2D eigenvalue weighted by Crippen LogP contribution is -2.27. The van der Waals surface area contributed by atoms with Crippen LogP contribution in [0.4, 0.5) is 5.82 Å². The van der Waals surface area contributed by atoms with E-state index in [0.717, 1.165) is 31.6 Å². The minimum Gasteiger partial charge on any atom is -0.308 e. The number of nitrogen functional groups attached to an aromatic ring is 1. The molecule has 0 radical (unpaired) electrons. The van der Waals surface area contributed by atoms with E-state index < -0.39 is 0 Å². The lowest BCUT2D eigenvalue weighted by atomic mass is 10.2. The molecular weight excluding hydrogens is 280 g/mol. The summed E-state index contributed by atoms with van der Waals surface area (Å²) in [6.45, 7) is 0.979. The van der Waals surface area contributed by atoms with Crippen LogP contribution in [0.3, 0.4) is 0 Å². The molecule has 8 heteroatoms. The summed E-state index contributed by atoms with van der Waals surface area (Å²) in [5.74, 6) is 6.67. The molecular formula is C12H15ClN6O. The number of nitrogens with one attached hydrogen (secondary N) is 1. The molecule has 0 fully saturated rings. The maximum absolute atomic E-state index is 12.2. The van der Waals surface area contributed by atoms with Crippen molar-refractivity contribution in [1.82, 2.24) is 19.3 Å². The molecule has 3 rings (SSSR count). The molecule has 1 aliphatic rings. The van der Waals surface area contributed by atoms with Gasteiger partial charge in [0.1, 0.15) is 11.6 Å². The largest absolute Gasteiger partial charge is 0.346 e. The third-order valence-electron chi connectivity index (χ3n) is 3.40. The highest BCUT2D eigenvalue weighted by Gasteiger charge is 2.17. The summed E-state index contributed by atoms with van der Waals surface area (Å²) in [5, 5.41) is 4.85. The van der Waals surface area contributed by atoms with Crippen LogP contribution in [0.5, 0.6) is 0 Å². The molecule has 3 heterocycles. The Labute approximate surface area is 120 Å². The van der Waals surface area contributed by atoms with Crippen molar-refractivity contribution in [3.8, 4) is 0 Å². The Kier molecular flexibility index (Phi) is 3.45. The fourth-order valence-electron chi connectivity index (χ4n) is 2.37. The lowest BCUT2D eigenvalue weighted by Gasteiger charge is -2.09. The molecule has 0 amide bonds. The number of hydrazine groups is 1. The van der Waals surface area contributed by atoms with E-state index in [4.69, 9.17) is 17.4 Å². The maximum atomic E-state index is 12.2. The molecule has 0 atom stereocenters. The van der Waals surface area contributed by atoms with Crippen LogP contribution in [-0.2, 0) is 19.5 Å². The van der Waals surface area contributed by atoms with Gasteiger partial charge in [0.25, 0.3) is 0 Å². The number of hydrogen-bond donors (Lipinski definition) is 2. The fraction of sp³-hybridized carbons (Fsp3) is 0.417. The third-order valence-corrected chi connectivity index (χ3v) is 3.74.